The first-order valence-corrected chi connectivity index (χ1v) is 11.1. The molecule has 4 heterocycles. The summed E-state index contributed by atoms with van der Waals surface area (Å²) in [5, 5.41) is 16.3. The van der Waals surface area contributed by atoms with Gasteiger partial charge in [0, 0.05) is 10.9 Å². The third-order valence-corrected chi connectivity index (χ3v) is 6.06. The summed E-state index contributed by atoms with van der Waals surface area (Å²) < 4.78 is 7.57. The van der Waals surface area contributed by atoms with Crippen molar-refractivity contribution in [2.45, 2.75) is 13.0 Å². The molecule has 1 atom stereocenters. The number of benzene rings is 2. The average molecular weight is 477 g/mol. The molecule has 10 nitrogen and oxygen atoms in total. The Balaban J connectivity index is 1.65. The molecule has 0 aliphatic rings. The molecule has 6 aromatic rings. The van der Waals surface area contributed by atoms with E-state index in [1.54, 1.807) is 16.8 Å². The number of hydrogen-bond donors (Lipinski definition) is 2. The molecule has 0 aliphatic heterocycles. The van der Waals surface area contributed by atoms with E-state index in [0.29, 0.717) is 33.6 Å². The lowest BCUT2D eigenvalue weighted by Crippen LogP contribution is -2.14. The van der Waals surface area contributed by atoms with Crippen LogP contribution in [-0.4, -0.2) is 34.8 Å². The molecule has 10 heteroatoms. The Morgan fingerprint density at radius 1 is 1.00 bits per heavy atom. The molecule has 0 radical (unpaired) electrons. The number of nitrogen functional groups attached to an aromatic ring is 1. The van der Waals surface area contributed by atoms with Crippen LogP contribution in [0.15, 0.2) is 82.5 Å². The van der Waals surface area contributed by atoms with Gasteiger partial charge in [-0.3, -0.25) is 4.98 Å². The first kappa shape index (κ1) is 21.4. The van der Waals surface area contributed by atoms with Gasteiger partial charge >= 0.3 is 5.63 Å². The van der Waals surface area contributed by atoms with E-state index in [-0.39, 0.29) is 11.7 Å². The van der Waals surface area contributed by atoms with Gasteiger partial charge in [0.1, 0.15) is 35.3 Å². The molecule has 2 aromatic carbocycles. The molecular weight excluding hydrogens is 458 g/mol. The maximum absolute atomic E-state index is 13.0. The van der Waals surface area contributed by atoms with E-state index in [2.05, 4.69) is 19.9 Å². The summed E-state index contributed by atoms with van der Waals surface area (Å²) in [4.78, 5) is 29.7. The van der Waals surface area contributed by atoms with Gasteiger partial charge in [-0.15, -0.1) is 0 Å². The molecule has 0 fully saturated rings. The van der Waals surface area contributed by atoms with Gasteiger partial charge in [-0.1, -0.05) is 48.5 Å². The fourth-order valence-electron chi connectivity index (χ4n) is 4.44. The molecule has 176 valence electrons. The van der Waals surface area contributed by atoms with Crippen molar-refractivity contribution in [2.24, 2.45) is 0 Å². The van der Waals surface area contributed by atoms with E-state index in [1.165, 1.54) is 18.7 Å². The molecule has 0 bridgehead atoms. The van der Waals surface area contributed by atoms with Crippen LogP contribution >= 0.6 is 0 Å². The topological polar surface area (TPSA) is 146 Å². The van der Waals surface area contributed by atoms with Crippen molar-refractivity contribution in [3.05, 3.63) is 89.5 Å². The van der Waals surface area contributed by atoms with Gasteiger partial charge in [-0.2, -0.15) is 5.10 Å². The maximum Gasteiger partial charge on any atom is 0.343 e. The minimum absolute atomic E-state index is 0.196. The van der Waals surface area contributed by atoms with E-state index in [1.807, 2.05) is 49.4 Å². The van der Waals surface area contributed by atoms with Crippen LogP contribution in [0.1, 0.15) is 18.7 Å². The van der Waals surface area contributed by atoms with Crippen LogP contribution in [-0.2, 0) is 0 Å². The lowest BCUT2D eigenvalue weighted by molar-refractivity contribution is 0.405. The maximum atomic E-state index is 13.0. The van der Waals surface area contributed by atoms with Crippen molar-refractivity contribution >= 4 is 27.6 Å². The first-order valence-electron chi connectivity index (χ1n) is 11.1. The second-order valence-corrected chi connectivity index (χ2v) is 8.23. The molecule has 0 saturated heterocycles. The Morgan fingerprint density at radius 2 is 1.75 bits per heavy atom. The van der Waals surface area contributed by atoms with Crippen LogP contribution in [0.5, 0.6) is 5.88 Å². The van der Waals surface area contributed by atoms with Gasteiger partial charge in [-0.05, 0) is 18.6 Å². The van der Waals surface area contributed by atoms with Crippen LogP contribution < -0.4 is 11.4 Å². The van der Waals surface area contributed by atoms with Crippen LogP contribution in [0.4, 0.5) is 5.82 Å². The van der Waals surface area contributed by atoms with Crippen molar-refractivity contribution in [3.63, 3.8) is 0 Å². The Labute approximate surface area is 203 Å². The van der Waals surface area contributed by atoms with Gasteiger partial charge in [0.15, 0.2) is 5.65 Å². The second-order valence-electron chi connectivity index (χ2n) is 8.23. The molecule has 4 aromatic heterocycles. The summed E-state index contributed by atoms with van der Waals surface area (Å²) in [5.74, 6) is 0.354. The quantitative estimate of drug-likeness (QED) is 0.385. The Morgan fingerprint density at radius 3 is 2.53 bits per heavy atom. The summed E-state index contributed by atoms with van der Waals surface area (Å²) in [5.41, 5.74) is 8.51. The van der Waals surface area contributed by atoms with E-state index >= 15 is 0 Å². The standard InChI is InChI=1S/C26H19N7O3/c1-14(23-20(15-7-3-2-4-8-15)16-9-5-6-10-17(16)26(35)36-23)33-25-21(24(27)29-13-30-25)22(32-33)18-11-28-12-19(34)31-18/h2-14H,1H3,(H,31,34)(H2,27,29,30). The zero-order chi connectivity index (χ0) is 24.8. The fourth-order valence-corrected chi connectivity index (χ4v) is 4.44. The third-order valence-electron chi connectivity index (χ3n) is 6.06. The van der Waals surface area contributed by atoms with E-state index < -0.39 is 11.7 Å². The van der Waals surface area contributed by atoms with Crippen LogP contribution in [0.3, 0.4) is 0 Å². The van der Waals surface area contributed by atoms with Crippen molar-refractivity contribution in [3.8, 4) is 28.4 Å². The lowest BCUT2D eigenvalue weighted by Gasteiger charge is -2.18. The molecule has 3 N–H and O–H groups in total. The molecule has 1 unspecified atom stereocenters. The molecular formula is C26H19N7O3. The summed E-state index contributed by atoms with van der Waals surface area (Å²) in [6.45, 7) is 1.86. The lowest BCUT2D eigenvalue weighted by atomic mass is 9.96. The monoisotopic (exact) mass is 477 g/mol. The van der Waals surface area contributed by atoms with Crippen LogP contribution in [0, 0.1) is 0 Å². The van der Waals surface area contributed by atoms with Crippen molar-refractivity contribution in [1.82, 2.24) is 29.7 Å². The summed E-state index contributed by atoms with van der Waals surface area (Å²) in [7, 11) is 0. The molecule has 36 heavy (non-hydrogen) atoms. The highest BCUT2D eigenvalue weighted by molar-refractivity contribution is 5.98. The van der Waals surface area contributed by atoms with Crippen LogP contribution in [0.25, 0.3) is 44.3 Å². The highest BCUT2D eigenvalue weighted by Crippen LogP contribution is 2.37. The minimum atomic E-state index is -0.576. The molecule has 0 amide bonds. The summed E-state index contributed by atoms with van der Waals surface area (Å²) in [6, 6.07) is 16.5. The molecule has 6 rings (SSSR count). The van der Waals surface area contributed by atoms with Gasteiger partial charge in [0.05, 0.1) is 23.2 Å². The Hall–Kier alpha value is -5.12. The Bertz CT molecular complexity index is 1810. The number of aromatic nitrogens is 6. The normalized spacial score (nSPS) is 12.2. The third kappa shape index (κ3) is 3.35. The zero-order valence-electron chi connectivity index (χ0n) is 19.0. The van der Waals surface area contributed by atoms with E-state index in [9.17, 15) is 9.90 Å². The van der Waals surface area contributed by atoms with Crippen molar-refractivity contribution < 1.29 is 9.52 Å². The number of nitrogens with two attached hydrogens (primary N) is 1. The fraction of sp³-hybridized carbons (Fsp3) is 0.0769. The highest BCUT2D eigenvalue weighted by atomic mass is 16.4. The predicted molar refractivity (Wildman–Crippen MR) is 134 cm³/mol. The predicted octanol–water partition coefficient (Wildman–Crippen LogP) is 3.95. The van der Waals surface area contributed by atoms with Crippen molar-refractivity contribution in [2.75, 3.05) is 5.73 Å². The smallest absolute Gasteiger partial charge is 0.343 e. The first-order chi connectivity index (χ1) is 17.5. The van der Waals surface area contributed by atoms with Gasteiger partial charge in [0.2, 0.25) is 5.88 Å². The SMILES string of the molecule is CC(c1oc(=O)c2ccccc2c1-c1ccccc1)n1nc(-c2cncc(O)n2)c2c(N)ncnc21. The zero-order valence-corrected chi connectivity index (χ0v) is 19.0. The Kier molecular flexibility index (Phi) is 4.92. The van der Waals surface area contributed by atoms with Crippen molar-refractivity contribution in [1.29, 1.82) is 0 Å². The van der Waals surface area contributed by atoms with Gasteiger partial charge in [0.25, 0.3) is 0 Å². The minimum Gasteiger partial charge on any atom is -0.492 e. The van der Waals surface area contributed by atoms with Gasteiger partial charge < -0.3 is 15.3 Å². The number of aromatic hydroxyl groups is 1. The van der Waals surface area contributed by atoms with Gasteiger partial charge in [-0.25, -0.2) is 24.4 Å². The summed E-state index contributed by atoms with van der Waals surface area (Å²) >= 11 is 0. The number of rotatable bonds is 4. The number of hydrogen-bond acceptors (Lipinski definition) is 9. The number of fused-ring (bicyclic) bond motifs is 2. The molecule has 0 spiro atoms. The number of anilines is 1. The molecule has 0 aliphatic carbocycles. The highest BCUT2D eigenvalue weighted by Gasteiger charge is 2.27. The number of nitrogens with zero attached hydrogens (tertiary/aromatic N) is 6. The largest absolute Gasteiger partial charge is 0.492 e. The van der Waals surface area contributed by atoms with E-state index in [4.69, 9.17) is 15.2 Å². The van der Waals surface area contributed by atoms with E-state index in [0.717, 1.165) is 16.5 Å². The average Bonchev–Trinajstić information content (AvgIpc) is 3.30. The van der Waals surface area contributed by atoms with Crippen LogP contribution in [0.2, 0.25) is 0 Å². The molecule has 0 saturated carbocycles. The summed E-state index contributed by atoms with van der Waals surface area (Å²) in [6.07, 6.45) is 4.03. The second kappa shape index (κ2) is 8.27.